The van der Waals surface area contributed by atoms with E-state index in [-0.39, 0.29) is 53.6 Å². The van der Waals surface area contributed by atoms with Crippen LogP contribution in [-0.2, 0) is 53.6 Å². The molecule has 13 rings (SSSR count). The molecule has 0 bridgehead atoms. The number of nitrogens with zero attached hydrogens (tertiary/aromatic N) is 4. The second kappa shape index (κ2) is 19.9. The predicted octanol–water partition coefficient (Wildman–Crippen LogP) is 20.1. The predicted molar refractivity (Wildman–Crippen MR) is 345 cm³/mol. The molecule has 0 unspecified atom stereocenters. The largest absolute Gasteiger partial charge is 0.510 e. The Bertz CT molecular complexity index is 4440. The smallest absolute Gasteiger partial charge is 0.268 e. The number of rotatable bonds is 5. The number of hydrogen-bond donors (Lipinski definition) is 0. The van der Waals surface area contributed by atoms with E-state index in [0.29, 0.717) is 11.5 Å². The molecule has 428 valence electrons. The van der Waals surface area contributed by atoms with E-state index in [1.807, 2.05) is 18.3 Å². The van der Waals surface area contributed by atoms with Gasteiger partial charge in [0, 0.05) is 44.3 Å². The van der Waals surface area contributed by atoms with Gasteiger partial charge in [0.15, 0.2) is 0 Å². The summed E-state index contributed by atoms with van der Waals surface area (Å²) in [6.45, 7) is 37.5. The van der Waals surface area contributed by atoms with Gasteiger partial charge in [-0.1, -0.05) is 207 Å². The fourth-order valence-electron chi connectivity index (χ4n) is 13.0. The maximum absolute atomic E-state index is 6.92. The van der Waals surface area contributed by atoms with E-state index in [2.05, 4.69) is 282 Å². The first-order valence-corrected chi connectivity index (χ1v) is 29.9. The van der Waals surface area contributed by atoms with Gasteiger partial charge in [-0.05, 0) is 165 Å². The molecule has 0 atom stereocenters. The Morgan fingerprint density at radius 1 is 0.476 bits per heavy atom. The van der Waals surface area contributed by atoms with Crippen molar-refractivity contribution in [3.63, 3.8) is 0 Å². The first kappa shape index (κ1) is 57.1. The molecule has 6 heteroatoms. The van der Waals surface area contributed by atoms with Crippen LogP contribution in [0, 0.1) is 18.5 Å². The van der Waals surface area contributed by atoms with Crippen LogP contribution in [0.4, 0.5) is 0 Å². The molecule has 1 aliphatic carbocycles. The fraction of sp³-hybridized carbons (Fsp3) is 0.308. The molecule has 2 aliphatic rings. The van der Waals surface area contributed by atoms with Crippen molar-refractivity contribution in [3.8, 4) is 73.2 Å². The van der Waals surface area contributed by atoms with Gasteiger partial charge >= 0.3 is 0 Å². The number of benzene rings is 8. The van der Waals surface area contributed by atoms with Crippen LogP contribution in [0.5, 0.6) is 11.5 Å². The van der Waals surface area contributed by atoms with Gasteiger partial charge in [-0.15, -0.1) is 29.7 Å². The van der Waals surface area contributed by atoms with Crippen LogP contribution >= 0.6 is 0 Å². The zero-order valence-corrected chi connectivity index (χ0v) is 54.2. The van der Waals surface area contributed by atoms with Crippen molar-refractivity contribution < 1.29 is 30.4 Å². The first-order valence-electron chi connectivity index (χ1n) is 29.9. The Morgan fingerprint density at radius 2 is 1.05 bits per heavy atom. The maximum Gasteiger partial charge on any atom is 0.268 e. The van der Waals surface area contributed by atoms with Crippen LogP contribution in [0.15, 0.2) is 158 Å². The SMILES string of the molecule is CC(C)(C)c1ccc(-c2cc(C(C)(C)C)cc3c2-[n+]2[c-]n(-c4[c-]c(Oc5[c-]c6c(cc5)c5ccccc5n6-c5cc(C(C)(C)C)ccn5)ccc4)c4cc(C(C)(C)C)cc(c42)-c2ccccc2-c2cc4c(cc2-3)C(C)(C)CCC4(C)C)cc1.[Pt]. The molecule has 5 nitrogen and oxygen atoms in total. The van der Waals surface area contributed by atoms with Gasteiger partial charge < -0.3 is 13.9 Å². The molecule has 1 aliphatic heterocycles. The monoisotopic (exact) mass is 1280 g/mol. The summed E-state index contributed by atoms with van der Waals surface area (Å²) in [5.41, 5.74) is 23.1. The van der Waals surface area contributed by atoms with E-state index in [1.165, 1.54) is 66.8 Å². The summed E-state index contributed by atoms with van der Waals surface area (Å²) in [7, 11) is 0. The van der Waals surface area contributed by atoms with E-state index in [0.717, 1.165) is 74.0 Å². The maximum atomic E-state index is 6.92. The normalized spacial score (nSPS) is 14.7. The Morgan fingerprint density at radius 3 is 1.70 bits per heavy atom. The minimum atomic E-state index is -0.195. The number of aromatic nitrogens is 4. The minimum absolute atomic E-state index is 0. The van der Waals surface area contributed by atoms with Gasteiger partial charge in [-0.2, -0.15) is 18.2 Å². The van der Waals surface area contributed by atoms with Crippen LogP contribution in [0.3, 0.4) is 0 Å². The third-order valence-electron chi connectivity index (χ3n) is 18.3. The summed E-state index contributed by atoms with van der Waals surface area (Å²) < 4.78 is 13.8. The molecule has 0 saturated heterocycles. The van der Waals surface area contributed by atoms with Crippen molar-refractivity contribution in [2.75, 3.05) is 0 Å². The van der Waals surface area contributed by atoms with Crippen LogP contribution in [-0.4, -0.2) is 14.1 Å². The molecule has 0 amide bonds. The van der Waals surface area contributed by atoms with E-state index in [4.69, 9.17) is 9.72 Å². The van der Waals surface area contributed by atoms with Gasteiger partial charge in [0.1, 0.15) is 5.82 Å². The van der Waals surface area contributed by atoms with Gasteiger partial charge in [0.25, 0.3) is 6.33 Å². The van der Waals surface area contributed by atoms with E-state index >= 15 is 0 Å². The summed E-state index contributed by atoms with van der Waals surface area (Å²) >= 11 is 0. The molecule has 0 saturated carbocycles. The minimum Gasteiger partial charge on any atom is -0.510 e. The summed E-state index contributed by atoms with van der Waals surface area (Å²) in [6, 6.07) is 64.3. The zero-order chi connectivity index (χ0) is 58.5. The third kappa shape index (κ3) is 9.67. The van der Waals surface area contributed by atoms with Gasteiger partial charge in [0.05, 0.1) is 16.7 Å². The molecule has 0 fully saturated rings. The standard InChI is InChI=1S/C78H78N4O.Pt/c1-73(2,3)49-30-28-48(29-31-49)60-38-51(75(7,8)9)39-64-62-46-66-65(77(13,14)35-36-78(66,15)16)45-61(62)56-24-17-18-25-57(56)63-40-52(76(10,11)12)41-69-72(63)81(71(60)64)47-80(69)53-22-21-23-54(43-53)83-55-32-33-59-58-26-19-20-27-67(58)82(68(59)44-55)70-42-50(34-37-79-70)74(4,5)6;/h17-34,37-42,45-46H,35-36H2,1-16H3;/q-2;. The number of fused-ring (bicyclic) bond motifs is 11. The van der Waals surface area contributed by atoms with Crippen molar-refractivity contribution >= 4 is 32.8 Å². The number of pyridine rings is 1. The molecule has 4 heterocycles. The second-order valence-corrected chi connectivity index (χ2v) is 29.3. The number of para-hydroxylation sites is 1. The molecule has 3 aromatic heterocycles. The van der Waals surface area contributed by atoms with Gasteiger partial charge in [-0.25, -0.2) is 4.98 Å². The van der Waals surface area contributed by atoms with Crippen molar-refractivity contribution in [1.29, 1.82) is 0 Å². The average molecular weight is 1280 g/mol. The van der Waals surface area contributed by atoms with E-state index in [1.54, 1.807) is 0 Å². The fourth-order valence-corrected chi connectivity index (χ4v) is 13.0. The zero-order valence-electron chi connectivity index (χ0n) is 51.9. The van der Waals surface area contributed by atoms with Crippen molar-refractivity contribution in [2.45, 2.75) is 156 Å². The van der Waals surface area contributed by atoms with Crippen molar-refractivity contribution in [3.05, 3.63) is 210 Å². The number of hydrogen-bond acceptors (Lipinski definition) is 2. The summed E-state index contributed by atoms with van der Waals surface area (Å²) in [4.78, 5) is 4.94. The third-order valence-corrected chi connectivity index (χ3v) is 18.3. The average Bonchev–Trinajstić information content (AvgIpc) is 2.49. The molecule has 8 aromatic carbocycles. The topological polar surface area (TPSA) is 35.9 Å². The Balaban J connectivity index is 0.00000694. The summed E-state index contributed by atoms with van der Waals surface area (Å²) in [5, 5.41) is 2.22. The molecular weight excluding hydrogens is 1200 g/mol. The van der Waals surface area contributed by atoms with E-state index in [9.17, 15) is 0 Å². The van der Waals surface area contributed by atoms with Gasteiger partial charge in [0.2, 0.25) is 0 Å². The quantitative estimate of drug-likeness (QED) is 0.127. The van der Waals surface area contributed by atoms with Gasteiger partial charge in [-0.3, -0.25) is 4.57 Å². The molecule has 0 spiro atoms. The summed E-state index contributed by atoms with van der Waals surface area (Å²) in [5.74, 6) is 2.02. The molecule has 84 heavy (non-hydrogen) atoms. The second-order valence-electron chi connectivity index (χ2n) is 29.3. The van der Waals surface area contributed by atoms with E-state index < -0.39 is 0 Å². The molecular formula is C78H78N4OPt-2. The first-order chi connectivity index (χ1) is 39.1. The number of imidazole rings is 1. The van der Waals surface area contributed by atoms with Crippen molar-refractivity contribution in [2.24, 2.45) is 0 Å². The van der Waals surface area contributed by atoms with Crippen LogP contribution in [0.1, 0.15) is 157 Å². The van der Waals surface area contributed by atoms with Crippen LogP contribution in [0.2, 0.25) is 0 Å². The Kier molecular flexibility index (Phi) is 13.5. The van der Waals surface area contributed by atoms with Crippen LogP contribution in [0.25, 0.3) is 94.5 Å². The molecule has 0 N–H and O–H groups in total. The summed E-state index contributed by atoms with van der Waals surface area (Å²) in [6.07, 6.45) is 8.31. The molecule has 0 radical (unpaired) electrons. The Hall–Kier alpha value is -7.33. The number of ether oxygens (including phenoxy) is 1. The van der Waals surface area contributed by atoms with Crippen LogP contribution < -0.4 is 9.30 Å². The molecule has 11 aromatic rings. The Labute approximate surface area is 513 Å². The van der Waals surface area contributed by atoms with Crippen molar-refractivity contribution in [1.82, 2.24) is 14.1 Å².